The van der Waals surface area contributed by atoms with Gasteiger partial charge in [0.25, 0.3) is 5.69 Å². The quantitative estimate of drug-likeness (QED) is 0.633. The van der Waals surface area contributed by atoms with E-state index in [1.165, 1.54) is 12.1 Å². The lowest BCUT2D eigenvalue weighted by molar-refractivity contribution is -0.384. The Kier molecular flexibility index (Phi) is 4.47. The first-order valence-corrected chi connectivity index (χ1v) is 6.69. The summed E-state index contributed by atoms with van der Waals surface area (Å²) in [5.74, 6) is 0. The number of rotatable bonds is 4. The van der Waals surface area contributed by atoms with Crippen molar-refractivity contribution in [3.8, 4) is 0 Å². The van der Waals surface area contributed by atoms with Gasteiger partial charge in [-0.05, 0) is 42.8 Å². The lowest BCUT2D eigenvalue weighted by Gasteiger charge is -2.17. The van der Waals surface area contributed by atoms with Crippen LogP contribution in [0, 0.1) is 10.1 Å². The summed E-state index contributed by atoms with van der Waals surface area (Å²) in [5, 5.41) is 15.1. The molecule has 20 heavy (non-hydrogen) atoms. The highest BCUT2D eigenvalue weighted by Crippen LogP contribution is 2.29. The van der Waals surface area contributed by atoms with Crippen LogP contribution in [-0.2, 0) is 0 Å². The van der Waals surface area contributed by atoms with Gasteiger partial charge in [-0.15, -0.1) is 0 Å². The number of halogens is 2. The summed E-state index contributed by atoms with van der Waals surface area (Å²) in [6.07, 6.45) is 0. The molecule has 0 bridgehead atoms. The topological polar surface area (TPSA) is 55.2 Å². The van der Waals surface area contributed by atoms with Crippen molar-refractivity contribution in [3.63, 3.8) is 0 Å². The number of non-ortho nitro benzene ring substituents is 1. The zero-order valence-electron chi connectivity index (χ0n) is 10.6. The van der Waals surface area contributed by atoms with Crippen molar-refractivity contribution in [2.45, 2.75) is 13.0 Å². The summed E-state index contributed by atoms with van der Waals surface area (Å²) in [7, 11) is 0. The smallest absolute Gasteiger partial charge is 0.269 e. The van der Waals surface area contributed by atoms with Crippen LogP contribution in [0.2, 0.25) is 10.0 Å². The Labute approximate surface area is 126 Å². The molecule has 0 aliphatic carbocycles. The van der Waals surface area contributed by atoms with E-state index >= 15 is 0 Å². The minimum atomic E-state index is -0.430. The molecule has 0 aromatic heterocycles. The highest BCUT2D eigenvalue weighted by molar-refractivity contribution is 6.33. The molecule has 4 nitrogen and oxygen atoms in total. The molecule has 1 atom stereocenters. The third kappa shape index (κ3) is 3.40. The zero-order chi connectivity index (χ0) is 14.7. The summed E-state index contributed by atoms with van der Waals surface area (Å²) in [5.41, 5.74) is 1.71. The van der Waals surface area contributed by atoms with Crippen LogP contribution in [0.3, 0.4) is 0 Å². The van der Waals surface area contributed by atoms with Crippen LogP contribution in [0.1, 0.15) is 18.5 Å². The van der Waals surface area contributed by atoms with E-state index in [2.05, 4.69) is 5.32 Å². The molecule has 6 heteroatoms. The molecule has 2 rings (SSSR count). The molecule has 0 aliphatic rings. The van der Waals surface area contributed by atoms with Gasteiger partial charge in [0.05, 0.1) is 11.0 Å². The molecule has 0 amide bonds. The maximum atomic E-state index is 10.6. The van der Waals surface area contributed by atoms with Crippen LogP contribution in [0.5, 0.6) is 0 Å². The molecule has 0 radical (unpaired) electrons. The SMILES string of the molecule is CC(Nc1ccc([N+](=O)[O-])cc1)c1cc(Cl)ccc1Cl. The predicted octanol–water partition coefficient (Wildman–Crippen LogP) is 5.07. The third-order valence-electron chi connectivity index (χ3n) is 2.89. The van der Waals surface area contributed by atoms with E-state index in [0.29, 0.717) is 10.0 Å². The highest BCUT2D eigenvalue weighted by atomic mass is 35.5. The first-order valence-electron chi connectivity index (χ1n) is 5.93. The first kappa shape index (κ1) is 14.6. The number of benzene rings is 2. The zero-order valence-corrected chi connectivity index (χ0v) is 12.2. The second-order valence-corrected chi connectivity index (χ2v) is 5.18. The number of nitrogens with zero attached hydrogens (tertiary/aromatic N) is 1. The van der Waals surface area contributed by atoms with Crippen molar-refractivity contribution in [1.82, 2.24) is 0 Å². The number of anilines is 1. The van der Waals surface area contributed by atoms with Gasteiger partial charge < -0.3 is 5.32 Å². The van der Waals surface area contributed by atoms with Crippen molar-refractivity contribution in [2.75, 3.05) is 5.32 Å². The molecule has 104 valence electrons. The molecule has 2 aromatic carbocycles. The molecular weight excluding hydrogens is 299 g/mol. The summed E-state index contributed by atoms with van der Waals surface area (Å²) in [6.45, 7) is 1.94. The molecule has 1 unspecified atom stereocenters. The summed E-state index contributed by atoms with van der Waals surface area (Å²) in [6, 6.07) is 11.4. The molecule has 0 fully saturated rings. The summed E-state index contributed by atoms with van der Waals surface area (Å²) < 4.78 is 0. The van der Waals surface area contributed by atoms with E-state index < -0.39 is 4.92 Å². The molecule has 2 aromatic rings. The second kappa shape index (κ2) is 6.11. The van der Waals surface area contributed by atoms with Crippen LogP contribution in [0.15, 0.2) is 42.5 Å². The first-order chi connectivity index (χ1) is 9.47. The second-order valence-electron chi connectivity index (χ2n) is 4.34. The number of hydrogen-bond acceptors (Lipinski definition) is 3. The molecular formula is C14H12Cl2N2O2. The van der Waals surface area contributed by atoms with Crippen molar-refractivity contribution in [1.29, 1.82) is 0 Å². The van der Waals surface area contributed by atoms with E-state index in [4.69, 9.17) is 23.2 Å². The maximum absolute atomic E-state index is 10.6. The number of nitro benzene ring substituents is 1. The van der Waals surface area contributed by atoms with E-state index in [1.807, 2.05) is 6.92 Å². The van der Waals surface area contributed by atoms with Gasteiger partial charge >= 0.3 is 0 Å². The van der Waals surface area contributed by atoms with Crippen LogP contribution >= 0.6 is 23.2 Å². The van der Waals surface area contributed by atoms with Crippen LogP contribution < -0.4 is 5.32 Å². The largest absolute Gasteiger partial charge is 0.378 e. The van der Waals surface area contributed by atoms with E-state index in [1.54, 1.807) is 30.3 Å². The van der Waals surface area contributed by atoms with Crippen LogP contribution in [0.4, 0.5) is 11.4 Å². The van der Waals surface area contributed by atoms with Crippen molar-refractivity contribution in [2.24, 2.45) is 0 Å². The van der Waals surface area contributed by atoms with Crippen molar-refractivity contribution in [3.05, 3.63) is 68.2 Å². The summed E-state index contributed by atoms with van der Waals surface area (Å²) >= 11 is 12.1. The van der Waals surface area contributed by atoms with Gasteiger partial charge in [-0.2, -0.15) is 0 Å². The number of nitro groups is 1. The van der Waals surface area contributed by atoms with Crippen molar-refractivity contribution >= 4 is 34.6 Å². The Morgan fingerprint density at radius 1 is 1.15 bits per heavy atom. The highest BCUT2D eigenvalue weighted by Gasteiger charge is 2.11. The minimum absolute atomic E-state index is 0.0593. The molecule has 0 heterocycles. The van der Waals surface area contributed by atoms with Gasteiger partial charge in [0, 0.05) is 27.9 Å². The van der Waals surface area contributed by atoms with Gasteiger partial charge in [0.1, 0.15) is 0 Å². The predicted molar refractivity (Wildman–Crippen MR) is 81.6 cm³/mol. The Bertz CT molecular complexity index is 630. The fourth-order valence-electron chi connectivity index (χ4n) is 1.85. The molecule has 0 saturated carbocycles. The fraction of sp³-hybridized carbons (Fsp3) is 0.143. The average Bonchev–Trinajstić information content (AvgIpc) is 2.42. The molecule has 0 aliphatic heterocycles. The van der Waals surface area contributed by atoms with E-state index in [-0.39, 0.29) is 11.7 Å². The molecule has 0 spiro atoms. The normalized spacial score (nSPS) is 11.9. The Balaban J connectivity index is 2.16. The molecule has 1 N–H and O–H groups in total. The Hall–Kier alpha value is -1.78. The van der Waals surface area contributed by atoms with Crippen molar-refractivity contribution < 1.29 is 4.92 Å². The number of nitrogens with one attached hydrogen (secondary N) is 1. The van der Waals surface area contributed by atoms with Gasteiger partial charge in [-0.3, -0.25) is 10.1 Å². The summed E-state index contributed by atoms with van der Waals surface area (Å²) in [4.78, 5) is 10.2. The van der Waals surface area contributed by atoms with Crippen LogP contribution in [0.25, 0.3) is 0 Å². The lowest BCUT2D eigenvalue weighted by Crippen LogP contribution is -2.07. The Morgan fingerprint density at radius 3 is 2.40 bits per heavy atom. The fourth-order valence-corrected chi connectivity index (χ4v) is 2.32. The average molecular weight is 311 g/mol. The third-order valence-corrected chi connectivity index (χ3v) is 3.47. The van der Waals surface area contributed by atoms with Gasteiger partial charge in [-0.25, -0.2) is 0 Å². The number of hydrogen-bond donors (Lipinski definition) is 1. The van der Waals surface area contributed by atoms with Gasteiger partial charge in [0.2, 0.25) is 0 Å². The molecule has 0 saturated heterocycles. The van der Waals surface area contributed by atoms with Gasteiger partial charge in [-0.1, -0.05) is 23.2 Å². The van der Waals surface area contributed by atoms with Gasteiger partial charge in [0.15, 0.2) is 0 Å². The maximum Gasteiger partial charge on any atom is 0.269 e. The standard InChI is InChI=1S/C14H12Cl2N2O2/c1-9(13-8-10(15)2-7-14(13)16)17-11-3-5-12(6-4-11)18(19)20/h2-9,17H,1H3. The monoisotopic (exact) mass is 310 g/mol. The lowest BCUT2D eigenvalue weighted by atomic mass is 10.1. The van der Waals surface area contributed by atoms with E-state index in [9.17, 15) is 10.1 Å². The van der Waals surface area contributed by atoms with E-state index in [0.717, 1.165) is 11.3 Å². The Morgan fingerprint density at radius 2 is 1.80 bits per heavy atom. The minimum Gasteiger partial charge on any atom is -0.378 e. The van der Waals surface area contributed by atoms with Crippen LogP contribution in [-0.4, -0.2) is 4.92 Å².